The third-order valence-corrected chi connectivity index (χ3v) is 5.01. The average Bonchev–Trinajstić information content (AvgIpc) is 3.35. The van der Waals surface area contributed by atoms with Crippen LogP contribution in [0.4, 0.5) is 0 Å². The van der Waals surface area contributed by atoms with Crippen LogP contribution in [-0.2, 0) is 0 Å². The van der Waals surface area contributed by atoms with Crippen molar-refractivity contribution in [3.05, 3.63) is 88.7 Å². The monoisotopic (exact) mass is 412 g/mol. The fourth-order valence-corrected chi connectivity index (χ4v) is 3.59. The normalized spacial score (nSPS) is 12.9. The van der Waals surface area contributed by atoms with Crippen LogP contribution in [0, 0.1) is 0 Å². The number of amidine groups is 1. The first kappa shape index (κ1) is 18.8. The number of hydrogen-bond donors (Lipinski definition) is 3. The van der Waals surface area contributed by atoms with Crippen molar-refractivity contribution in [1.82, 2.24) is 26.0 Å². The lowest BCUT2D eigenvalue weighted by molar-refractivity contribution is 0.341. The molecular formula is C23H20N6O2. The standard InChI is InChI=1S/C23H20N6O2/c1-2-31-20-10-6-4-8-18(20)22-24-19-9-5-3-7-17(19)23(30)29(22)16-13-11-15(12-14-16)21-25-27-28-26-21/h3-14,27-28H,2H2,1H3,(H,25,26). The van der Waals surface area contributed by atoms with Crippen molar-refractivity contribution in [3.8, 4) is 22.8 Å². The summed E-state index contributed by atoms with van der Waals surface area (Å²) in [6.07, 6.45) is 0. The zero-order valence-corrected chi connectivity index (χ0v) is 16.8. The number of fused-ring (bicyclic) bond motifs is 1. The predicted molar refractivity (Wildman–Crippen MR) is 120 cm³/mol. The molecule has 2 heterocycles. The SMILES string of the molecule is CCOc1ccccc1-c1nc2ccccc2c(=O)n1-c1ccc(C2=NNNN2)cc1. The molecule has 0 amide bonds. The van der Waals surface area contributed by atoms with Crippen LogP contribution in [0.2, 0.25) is 0 Å². The molecule has 31 heavy (non-hydrogen) atoms. The van der Waals surface area contributed by atoms with Gasteiger partial charge in [0.25, 0.3) is 5.56 Å². The number of nitrogens with zero attached hydrogens (tertiary/aromatic N) is 3. The van der Waals surface area contributed by atoms with E-state index in [0.717, 1.165) is 11.1 Å². The number of rotatable bonds is 5. The highest BCUT2D eigenvalue weighted by molar-refractivity contribution is 5.99. The fourth-order valence-electron chi connectivity index (χ4n) is 3.59. The smallest absolute Gasteiger partial charge is 0.266 e. The van der Waals surface area contributed by atoms with Gasteiger partial charge in [0.2, 0.25) is 0 Å². The van der Waals surface area contributed by atoms with Crippen LogP contribution in [0.25, 0.3) is 28.0 Å². The summed E-state index contributed by atoms with van der Waals surface area (Å²) in [5, 5.41) is 4.67. The van der Waals surface area contributed by atoms with Gasteiger partial charge in [-0.2, -0.15) is 0 Å². The number of aromatic nitrogens is 2. The lowest BCUT2D eigenvalue weighted by Crippen LogP contribution is -2.35. The summed E-state index contributed by atoms with van der Waals surface area (Å²) < 4.78 is 7.46. The van der Waals surface area contributed by atoms with Crippen molar-refractivity contribution < 1.29 is 4.74 Å². The van der Waals surface area contributed by atoms with Gasteiger partial charge in [-0.1, -0.05) is 24.3 Å². The van der Waals surface area contributed by atoms with Crippen LogP contribution in [-0.4, -0.2) is 22.0 Å². The van der Waals surface area contributed by atoms with Gasteiger partial charge in [-0.3, -0.25) is 14.8 Å². The molecule has 3 N–H and O–H groups in total. The van der Waals surface area contributed by atoms with Gasteiger partial charge in [0.15, 0.2) is 11.7 Å². The maximum absolute atomic E-state index is 13.6. The second-order valence-electron chi connectivity index (χ2n) is 6.89. The Kier molecular flexibility index (Phi) is 4.81. The molecule has 0 fully saturated rings. The molecule has 0 unspecified atom stereocenters. The van der Waals surface area contributed by atoms with Crippen LogP contribution in [0.15, 0.2) is 82.7 Å². The molecule has 0 bridgehead atoms. The maximum atomic E-state index is 13.6. The Bertz CT molecular complexity index is 1340. The molecule has 0 saturated heterocycles. The van der Waals surface area contributed by atoms with E-state index < -0.39 is 0 Å². The summed E-state index contributed by atoms with van der Waals surface area (Å²) >= 11 is 0. The molecule has 4 aromatic rings. The number of nitrogens with one attached hydrogen (secondary N) is 3. The van der Waals surface area contributed by atoms with Crippen molar-refractivity contribution in [3.63, 3.8) is 0 Å². The molecule has 0 saturated carbocycles. The zero-order valence-electron chi connectivity index (χ0n) is 16.8. The largest absolute Gasteiger partial charge is 0.493 e. The van der Waals surface area contributed by atoms with Crippen molar-refractivity contribution in [1.29, 1.82) is 0 Å². The van der Waals surface area contributed by atoms with Crippen LogP contribution < -0.4 is 26.8 Å². The van der Waals surface area contributed by atoms with E-state index >= 15 is 0 Å². The summed E-state index contributed by atoms with van der Waals surface area (Å²) in [5.41, 5.74) is 11.1. The molecule has 1 aromatic heterocycles. The number of hydrazine groups is 2. The summed E-state index contributed by atoms with van der Waals surface area (Å²) in [6, 6.07) is 22.5. The molecule has 1 aliphatic heterocycles. The van der Waals surface area contributed by atoms with Crippen molar-refractivity contribution in [2.75, 3.05) is 6.61 Å². The second-order valence-corrected chi connectivity index (χ2v) is 6.89. The zero-order chi connectivity index (χ0) is 21.2. The summed E-state index contributed by atoms with van der Waals surface area (Å²) in [5.74, 6) is 1.87. The molecule has 0 radical (unpaired) electrons. The lowest BCUT2D eigenvalue weighted by atomic mass is 10.1. The van der Waals surface area contributed by atoms with Gasteiger partial charge < -0.3 is 4.74 Å². The van der Waals surface area contributed by atoms with E-state index in [0.29, 0.717) is 40.6 Å². The first-order valence-corrected chi connectivity index (χ1v) is 9.95. The first-order valence-electron chi connectivity index (χ1n) is 9.95. The Morgan fingerprint density at radius 3 is 2.52 bits per heavy atom. The van der Waals surface area contributed by atoms with Crippen LogP contribution in [0.5, 0.6) is 5.75 Å². The summed E-state index contributed by atoms with van der Waals surface area (Å²) in [4.78, 5) is 18.4. The Labute approximate surface area is 178 Å². The van der Waals surface area contributed by atoms with Gasteiger partial charge in [-0.25, -0.2) is 10.5 Å². The highest BCUT2D eigenvalue weighted by atomic mass is 16.5. The third kappa shape index (κ3) is 3.38. The van der Waals surface area contributed by atoms with Gasteiger partial charge in [0.05, 0.1) is 28.8 Å². The number of hydrogen-bond acceptors (Lipinski definition) is 7. The minimum Gasteiger partial charge on any atom is -0.493 e. The highest BCUT2D eigenvalue weighted by Gasteiger charge is 2.18. The second kappa shape index (κ2) is 7.92. The van der Waals surface area contributed by atoms with Crippen LogP contribution in [0.1, 0.15) is 12.5 Å². The Morgan fingerprint density at radius 2 is 1.74 bits per heavy atom. The van der Waals surface area contributed by atoms with Crippen molar-refractivity contribution in [2.24, 2.45) is 5.10 Å². The van der Waals surface area contributed by atoms with Crippen LogP contribution >= 0.6 is 0 Å². The predicted octanol–water partition coefficient (Wildman–Crippen LogP) is 2.73. The first-order chi connectivity index (χ1) is 15.3. The van der Waals surface area contributed by atoms with Crippen molar-refractivity contribution >= 4 is 16.7 Å². The maximum Gasteiger partial charge on any atom is 0.266 e. The highest BCUT2D eigenvalue weighted by Crippen LogP contribution is 2.30. The number of benzene rings is 3. The quantitative estimate of drug-likeness (QED) is 0.467. The van der Waals surface area contributed by atoms with Gasteiger partial charge in [-0.05, 0) is 55.5 Å². The van der Waals surface area contributed by atoms with E-state index in [2.05, 4.69) is 21.6 Å². The topological polar surface area (TPSA) is 92.6 Å². The van der Waals surface area contributed by atoms with Gasteiger partial charge in [-0.15, -0.1) is 10.6 Å². The molecule has 3 aromatic carbocycles. The average molecular weight is 412 g/mol. The fraction of sp³-hybridized carbons (Fsp3) is 0.0870. The number of para-hydroxylation sites is 2. The van der Waals surface area contributed by atoms with E-state index in [-0.39, 0.29) is 5.56 Å². The van der Waals surface area contributed by atoms with Gasteiger partial charge in [0.1, 0.15) is 5.75 Å². The van der Waals surface area contributed by atoms with E-state index in [4.69, 9.17) is 9.72 Å². The van der Waals surface area contributed by atoms with E-state index in [1.807, 2.05) is 73.7 Å². The molecule has 0 aliphatic carbocycles. The Balaban J connectivity index is 1.74. The van der Waals surface area contributed by atoms with E-state index in [1.54, 1.807) is 10.6 Å². The van der Waals surface area contributed by atoms with Gasteiger partial charge >= 0.3 is 0 Å². The number of hydrazone groups is 1. The molecule has 0 spiro atoms. The molecule has 5 rings (SSSR count). The third-order valence-electron chi connectivity index (χ3n) is 5.01. The van der Waals surface area contributed by atoms with Crippen molar-refractivity contribution in [2.45, 2.75) is 6.92 Å². The summed E-state index contributed by atoms with van der Waals surface area (Å²) in [7, 11) is 0. The van der Waals surface area contributed by atoms with E-state index in [9.17, 15) is 4.79 Å². The molecule has 154 valence electrons. The number of ether oxygens (including phenoxy) is 1. The Hall–Kier alpha value is -4.17. The Morgan fingerprint density at radius 1 is 0.968 bits per heavy atom. The van der Waals surface area contributed by atoms with Gasteiger partial charge in [0, 0.05) is 5.56 Å². The molecule has 8 nitrogen and oxygen atoms in total. The molecule has 0 atom stereocenters. The summed E-state index contributed by atoms with van der Waals surface area (Å²) in [6.45, 7) is 2.45. The van der Waals surface area contributed by atoms with Crippen LogP contribution in [0.3, 0.4) is 0 Å². The van der Waals surface area contributed by atoms with E-state index in [1.165, 1.54) is 0 Å². The minimum absolute atomic E-state index is 0.140. The molecule has 8 heteroatoms. The lowest BCUT2D eigenvalue weighted by Gasteiger charge is -2.16. The molecule has 1 aliphatic rings. The molecular weight excluding hydrogens is 392 g/mol. The minimum atomic E-state index is -0.140.